The molecule has 8 heteroatoms. The Bertz CT molecular complexity index is 1290. The summed E-state index contributed by atoms with van der Waals surface area (Å²) in [4.78, 5) is 13.8. The van der Waals surface area contributed by atoms with Gasteiger partial charge in [-0.25, -0.2) is 13.8 Å². The SMILES string of the molecule is COc1cc(OC)c(F)c(CC2=CCc3ncc(-c4cncc(C5=CCNCC5)n4)cc32)c1F. The summed E-state index contributed by atoms with van der Waals surface area (Å²) in [6.07, 6.45) is 10.9. The van der Waals surface area contributed by atoms with Crippen LogP contribution in [0.2, 0.25) is 0 Å². The third kappa shape index (κ3) is 4.05. The van der Waals surface area contributed by atoms with Crippen molar-refractivity contribution in [3.8, 4) is 22.8 Å². The molecule has 0 saturated carbocycles. The van der Waals surface area contributed by atoms with Crippen molar-refractivity contribution in [3.63, 3.8) is 0 Å². The van der Waals surface area contributed by atoms with Gasteiger partial charge in [-0.3, -0.25) is 9.97 Å². The molecule has 0 fully saturated rings. The minimum Gasteiger partial charge on any atom is -0.494 e. The van der Waals surface area contributed by atoms with Gasteiger partial charge in [-0.2, -0.15) is 0 Å². The van der Waals surface area contributed by atoms with Crippen molar-refractivity contribution < 1.29 is 18.3 Å². The van der Waals surface area contributed by atoms with Crippen LogP contribution < -0.4 is 14.8 Å². The Labute approximate surface area is 196 Å². The Morgan fingerprint density at radius 2 is 1.74 bits per heavy atom. The number of pyridine rings is 1. The smallest absolute Gasteiger partial charge is 0.171 e. The molecule has 1 aromatic carbocycles. The molecule has 1 aliphatic heterocycles. The lowest BCUT2D eigenvalue weighted by Crippen LogP contribution is -2.20. The number of methoxy groups -OCH3 is 2. The van der Waals surface area contributed by atoms with Crippen LogP contribution in [0.4, 0.5) is 8.78 Å². The molecule has 3 heterocycles. The molecule has 0 spiro atoms. The highest BCUT2D eigenvalue weighted by Crippen LogP contribution is 2.37. The molecule has 174 valence electrons. The van der Waals surface area contributed by atoms with Gasteiger partial charge < -0.3 is 14.8 Å². The van der Waals surface area contributed by atoms with Gasteiger partial charge in [0.05, 0.1) is 43.7 Å². The first kappa shape index (κ1) is 22.2. The van der Waals surface area contributed by atoms with Crippen molar-refractivity contribution in [2.75, 3.05) is 27.3 Å². The van der Waals surface area contributed by atoms with Gasteiger partial charge in [0.15, 0.2) is 23.1 Å². The molecular weight excluding hydrogens is 438 g/mol. The number of nitrogens with zero attached hydrogens (tertiary/aromatic N) is 3. The number of aromatic nitrogens is 3. The van der Waals surface area contributed by atoms with E-state index in [0.717, 1.165) is 47.6 Å². The summed E-state index contributed by atoms with van der Waals surface area (Å²) >= 11 is 0. The molecule has 0 atom stereocenters. The molecule has 0 saturated heterocycles. The third-order valence-corrected chi connectivity index (χ3v) is 6.21. The summed E-state index contributed by atoms with van der Waals surface area (Å²) < 4.78 is 40.1. The molecule has 1 aliphatic carbocycles. The monoisotopic (exact) mass is 462 g/mol. The summed E-state index contributed by atoms with van der Waals surface area (Å²) in [6.45, 7) is 1.73. The Kier molecular flexibility index (Phi) is 6.06. The molecule has 2 aromatic heterocycles. The van der Waals surface area contributed by atoms with Crippen LogP contribution in [-0.4, -0.2) is 42.3 Å². The molecule has 0 radical (unpaired) electrons. The van der Waals surface area contributed by atoms with Crippen LogP contribution in [0.1, 0.15) is 28.9 Å². The zero-order valence-corrected chi connectivity index (χ0v) is 19.0. The van der Waals surface area contributed by atoms with Crippen molar-refractivity contribution >= 4 is 11.1 Å². The highest BCUT2D eigenvalue weighted by molar-refractivity contribution is 5.77. The van der Waals surface area contributed by atoms with Crippen molar-refractivity contribution in [2.45, 2.75) is 19.3 Å². The van der Waals surface area contributed by atoms with E-state index >= 15 is 0 Å². The van der Waals surface area contributed by atoms with Crippen LogP contribution >= 0.6 is 0 Å². The van der Waals surface area contributed by atoms with E-state index in [9.17, 15) is 8.78 Å². The number of hydrogen-bond donors (Lipinski definition) is 1. The molecule has 0 amide bonds. The zero-order valence-electron chi connectivity index (χ0n) is 19.0. The van der Waals surface area contributed by atoms with E-state index in [0.29, 0.717) is 12.1 Å². The number of ether oxygens (including phenoxy) is 2. The van der Waals surface area contributed by atoms with Crippen molar-refractivity contribution in [1.29, 1.82) is 0 Å². The van der Waals surface area contributed by atoms with E-state index < -0.39 is 11.6 Å². The number of allylic oxidation sites excluding steroid dienone is 2. The first-order valence-electron chi connectivity index (χ1n) is 11.1. The molecule has 0 unspecified atom stereocenters. The standard InChI is InChI=1S/C26H24F2N4O2/c1-33-23-11-24(34-2)26(28)19(25(23)27)9-16-3-4-20-18(16)10-17(12-31-20)22-14-30-13-21(32-22)15-5-7-29-8-6-15/h3,5,10-14,29H,4,6-9H2,1-2H3. The van der Waals surface area contributed by atoms with Gasteiger partial charge in [0.2, 0.25) is 0 Å². The number of hydrogen-bond acceptors (Lipinski definition) is 6. The summed E-state index contributed by atoms with van der Waals surface area (Å²) in [7, 11) is 2.68. The maximum absolute atomic E-state index is 15.0. The predicted molar refractivity (Wildman–Crippen MR) is 126 cm³/mol. The second-order valence-corrected chi connectivity index (χ2v) is 8.19. The average molecular weight is 463 g/mol. The minimum atomic E-state index is -0.729. The van der Waals surface area contributed by atoms with Crippen LogP contribution in [0.5, 0.6) is 11.5 Å². The molecule has 5 rings (SSSR count). The largest absolute Gasteiger partial charge is 0.494 e. The highest BCUT2D eigenvalue weighted by Gasteiger charge is 2.24. The number of nitrogens with one attached hydrogen (secondary N) is 1. The van der Waals surface area contributed by atoms with Crippen LogP contribution in [-0.2, 0) is 12.8 Å². The average Bonchev–Trinajstić information content (AvgIpc) is 3.29. The quantitative estimate of drug-likeness (QED) is 0.586. The van der Waals surface area contributed by atoms with Crippen molar-refractivity contribution in [2.24, 2.45) is 0 Å². The van der Waals surface area contributed by atoms with Gasteiger partial charge in [-0.1, -0.05) is 12.2 Å². The van der Waals surface area contributed by atoms with Gasteiger partial charge in [-0.05, 0) is 30.2 Å². The Hall–Kier alpha value is -3.65. The van der Waals surface area contributed by atoms with Crippen LogP contribution in [0.3, 0.4) is 0 Å². The van der Waals surface area contributed by atoms with Crippen molar-refractivity contribution in [3.05, 3.63) is 77.0 Å². The molecule has 0 bridgehead atoms. The summed E-state index contributed by atoms with van der Waals surface area (Å²) in [5, 5.41) is 3.30. The number of fused-ring (bicyclic) bond motifs is 1. The van der Waals surface area contributed by atoms with E-state index in [1.54, 1.807) is 18.6 Å². The van der Waals surface area contributed by atoms with E-state index in [4.69, 9.17) is 14.5 Å². The fourth-order valence-electron chi connectivity index (χ4n) is 4.37. The topological polar surface area (TPSA) is 69.2 Å². The van der Waals surface area contributed by atoms with E-state index in [1.165, 1.54) is 25.9 Å². The van der Waals surface area contributed by atoms with Crippen molar-refractivity contribution in [1.82, 2.24) is 20.3 Å². The highest BCUT2D eigenvalue weighted by atomic mass is 19.1. The fourth-order valence-corrected chi connectivity index (χ4v) is 4.37. The number of benzene rings is 1. The first-order valence-corrected chi connectivity index (χ1v) is 11.1. The Balaban J connectivity index is 1.48. The lowest BCUT2D eigenvalue weighted by Gasteiger charge is -2.15. The van der Waals surface area contributed by atoms with Crippen LogP contribution in [0, 0.1) is 11.6 Å². The second kappa shape index (κ2) is 9.30. The van der Waals surface area contributed by atoms with E-state index in [1.807, 2.05) is 12.1 Å². The van der Waals surface area contributed by atoms with Crippen LogP contribution in [0.15, 0.2) is 42.9 Å². The summed E-state index contributed by atoms with van der Waals surface area (Å²) in [5.74, 6) is -1.57. The van der Waals surface area contributed by atoms with Gasteiger partial charge in [0.25, 0.3) is 0 Å². The normalized spacial score (nSPS) is 14.9. The lowest BCUT2D eigenvalue weighted by molar-refractivity contribution is 0.354. The van der Waals surface area contributed by atoms with Gasteiger partial charge in [0.1, 0.15) is 0 Å². The maximum Gasteiger partial charge on any atom is 0.171 e. The third-order valence-electron chi connectivity index (χ3n) is 6.21. The molecule has 1 N–H and O–H groups in total. The van der Waals surface area contributed by atoms with Gasteiger partial charge >= 0.3 is 0 Å². The summed E-state index contributed by atoms with van der Waals surface area (Å²) in [5.41, 5.74) is 5.94. The molecule has 2 aliphatic rings. The van der Waals surface area contributed by atoms with E-state index in [2.05, 4.69) is 21.4 Å². The van der Waals surface area contributed by atoms with E-state index in [-0.39, 0.29) is 23.5 Å². The molecular formula is C26H24F2N4O2. The zero-order chi connectivity index (χ0) is 23.7. The molecule has 34 heavy (non-hydrogen) atoms. The Morgan fingerprint density at radius 1 is 0.971 bits per heavy atom. The van der Waals surface area contributed by atoms with Gasteiger partial charge in [-0.15, -0.1) is 0 Å². The van der Waals surface area contributed by atoms with Gasteiger partial charge in [0, 0.05) is 48.3 Å². The number of halogens is 2. The first-order chi connectivity index (χ1) is 16.6. The maximum atomic E-state index is 15.0. The molecule has 6 nitrogen and oxygen atoms in total. The second-order valence-electron chi connectivity index (χ2n) is 8.19. The summed E-state index contributed by atoms with van der Waals surface area (Å²) in [6, 6.07) is 3.19. The lowest BCUT2D eigenvalue weighted by atomic mass is 9.98. The minimum absolute atomic E-state index is 0.0506. The molecule has 3 aromatic rings. The van der Waals surface area contributed by atoms with Crippen LogP contribution in [0.25, 0.3) is 22.4 Å². The fraction of sp³-hybridized carbons (Fsp3) is 0.269. The predicted octanol–water partition coefficient (Wildman–Crippen LogP) is 4.39. The Morgan fingerprint density at radius 3 is 2.44 bits per heavy atom. The number of rotatable bonds is 6.